The van der Waals surface area contributed by atoms with Gasteiger partial charge in [0.15, 0.2) is 0 Å². The van der Waals surface area contributed by atoms with Crippen LogP contribution in [0.15, 0.2) is 6.07 Å². The maximum atomic E-state index is 11.2. The van der Waals surface area contributed by atoms with Crippen molar-refractivity contribution in [1.82, 2.24) is 15.3 Å². The number of carbonyl (C=O) groups excluding carboxylic acids is 1. The lowest BCUT2D eigenvalue weighted by Crippen LogP contribution is -2.26. The van der Waals surface area contributed by atoms with Gasteiger partial charge in [-0.3, -0.25) is 4.79 Å². The van der Waals surface area contributed by atoms with Crippen LogP contribution in [0.3, 0.4) is 0 Å². The fourth-order valence-corrected chi connectivity index (χ4v) is 1.35. The van der Waals surface area contributed by atoms with Crippen LogP contribution in [-0.4, -0.2) is 36.0 Å². The summed E-state index contributed by atoms with van der Waals surface area (Å²) < 4.78 is 0. The number of anilines is 2. The number of hydrogen-bond acceptors (Lipinski definition) is 5. The third kappa shape index (κ3) is 4.57. The number of hydrogen-bond donors (Lipinski definition) is 3. The molecule has 0 spiro atoms. The molecule has 0 fully saturated rings. The lowest BCUT2D eigenvalue weighted by Gasteiger charge is -2.10. The lowest BCUT2D eigenvalue weighted by molar-refractivity contribution is -0.118. The second kappa shape index (κ2) is 7.47. The molecule has 0 saturated heterocycles. The van der Waals surface area contributed by atoms with E-state index in [4.69, 9.17) is 0 Å². The highest BCUT2D eigenvalue weighted by Crippen LogP contribution is 2.11. The highest BCUT2D eigenvalue weighted by Gasteiger charge is 2.04. The van der Waals surface area contributed by atoms with Crippen LogP contribution in [0.5, 0.6) is 0 Å². The van der Waals surface area contributed by atoms with E-state index in [0.717, 1.165) is 31.0 Å². The number of nitrogens with one attached hydrogen (secondary N) is 3. The van der Waals surface area contributed by atoms with Gasteiger partial charge >= 0.3 is 0 Å². The van der Waals surface area contributed by atoms with E-state index >= 15 is 0 Å². The van der Waals surface area contributed by atoms with Gasteiger partial charge in [-0.1, -0.05) is 13.8 Å². The van der Waals surface area contributed by atoms with E-state index in [1.807, 2.05) is 13.0 Å². The summed E-state index contributed by atoms with van der Waals surface area (Å²) in [5.41, 5.74) is 0. The molecule has 0 aromatic carbocycles. The summed E-state index contributed by atoms with van der Waals surface area (Å²) in [5.74, 6) is 2.15. The molecule has 0 radical (unpaired) electrons. The smallest absolute Gasteiger partial charge is 0.239 e. The van der Waals surface area contributed by atoms with E-state index in [1.54, 1.807) is 7.05 Å². The maximum Gasteiger partial charge on any atom is 0.239 e. The van der Waals surface area contributed by atoms with Crippen molar-refractivity contribution < 1.29 is 4.79 Å². The van der Waals surface area contributed by atoms with Crippen molar-refractivity contribution >= 4 is 17.5 Å². The summed E-state index contributed by atoms with van der Waals surface area (Å²) in [6.45, 7) is 5.18. The van der Waals surface area contributed by atoms with Crippen LogP contribution in [0.2, 0.25) is 0 Å². The molecule has 1 heterocycles. The van der Waals surface area contributed by atoms with E-state index in [9.17, 15) is 4.79 Å². The Labute approximate surface area is 108 Å². The van der Waals surface area contributed by atoms with Gasteiger partial charge in [0.25, 0.3) is 0 Å². The van der Waals surface area contributed by atoms with Gasteiger partial charge in [-0.05, 0) is 6.42 Å². The Balaban J connectivity index is 2.73. The Morgan fingerprint density at radius 1 is 1.22 bits per heavy atom. The van der Waals surface area contributed by atoms with Gasteiger partial charge in [-0.2, -0.15) is 0 Å². The standard InChI is InChI=1S/C12H21N5O/c1-4-6-14-10-7-11(15-8-12(18)13-3)17-9(5-2)16-10/h7H,4-6,8H2,1-3H3,(H,13,18)(H2,14,15,16,17). The molecule has 0 unspecified atom stereocenters. The van der Waals surface area contributed by atoms with Crippen LogP contribution >= 0.6 is 0 Å². The molecule has 100 valence electrons. The molecular weight excluding hydrogens is 230 g/mol. The van der Waals surface area contributed by atoms with Crippen molar-refractivity contribution in [2.45, 2.75) is 26.7 Å². The van der Waals surface area contributed by atoms with Crippen LogP contribution in [0.4, 0.5) is 11.6 Å². The third-order valence-electron chi connectivity index (χ3n) is 2.35. The molecule has 0 saturated carbocycles. The van der Waals surface area contributed by atoms with Gasteiger partial charge in [0.1, 0.15) is 17.5 Å². The molecule has 1 amide bonds. The largest absolute Gasteiger partial charge is 0.370 e. The van der Waals surface area contributed by atoms with Crippen molar-refractivity contribution in [2.24, 2.45) is 0 Å². The Bertz CT molecular complexity index is 394. The molecule has 0 atom stereocenters. The maximum absolute atomic E-state index is 11.2. The number of amides is 1. The summed E-state index contributed by atoms with van der Waals surface area (Å²) in [7, 11) is 1.61. The Morgan fingerprint density at radius 2 is 1.89 bits per heavy atom. The molecule has 6 heteroatoms. The highest BCUT2D eigenvalue weighted by molar-refractivity contribution is 5.80. The Morgan fingerprint density at radius 3 is 2.44 bits per heavy atom. The van der Waals surface area contributed by atoms with E-state index < -0.39 is 0 Å². The number of carbonyl (C=O) groups is 1. The predicted octanol–water partition coefficient (Wildman–Crippen LogP) is 1.02. The SMILES string of the molecule is CCCNc1cc(NCC(=O)NC)nc(CC)n1. The highest BCUT2D eigenvalue weighted by atomic mass is 16.1. The number of rotatable bonds is 7. The fraction of sp³-hybridized carbons (Fsp3) is 0.583. The zero-order valence-electron chi connectivity index (χ0n) is 11.2. The minimum absolute atomic E-state index is 0.0743. The first kappa shape index (κ1) is 14.2. The molecule has 0 bridgehead atoms. The van der Waals surface area contributed by atoms with E-state index in [2.05, 4.69) is 32.8 Å². The molecule has 1 aromatic rings. The first-order chi connectivity index (χ1) is 8.69. The number of nitrogens with zero attached hydrogens (tertiary/aromatic N) is 2. The van der Waals surface area contributed by atoms with Crippen LogP contribution in [-0.2, 0) is 11.2 Å². The van der Waals surface area contributed by atoms with Crippen LogP contribution in [0, 0.1) is 0 Å². The van der Waals surface area contributed by atoms with Gasteiger partial charge in [0, 0.05) is 26.1 Å². The molecule has 0 aliphatic rings. The summed E-state index contributed by atoms with van der Waals surface area (Å²) in [4.78, 5) is 19.9. The monoisotopic (exact) mass is 251 g/mol. The number of aryl methyl sites for hydroxylation is 1. The molecule has 18 heavy (non-hydrogen) atoms. The van der Waals surface area contributed by atoms with Crippen molar-refractivity contribution in [3.8, 4) is 0 Å². The quantitative estimate of drug-likeness (QED) is 0.674. The topological polar surface area (TPSA) is 78.9 Å². The normalized spacial score (nSPS) is 9.94. The second-order valence-electron chi connectivity index (χ2n) is 3.86. The average molecular weight is 251 g/mol. The predicted molar refractivity (Wildman–Crippen MR) is 72.7 cm³/mol. The third-order valence-corrected chi connectivity index (χ3v) is 2.35. The molecule has 6 nitrogen and oxygen atoms in total. The summed E-state index contributed by atoms with van der Waals surface area (Å²) in [5, 5.41) is 8.76. The van der Waals surface area contributed by atoms with Crippen LogP contribution in [0.25, 0.3) is 0 Å². The van der Waals surface area contributed by atoms with Crippen LogP contribution in [0.1, 0.15) is 26.1 Å². The van der Waals surface area contributed by atoms with Gasteiger partial charge in [-0.25, -0.2) is 9.97 Å². The lowest BCUT2D eigenvalue weighted by atomic mass is 10.4. The summed E-state index contributed by atoms with van der Waals surface area (Å²) in [6.07, 6.45) is 1.79. The van der Waals surface area contributed by atoms with Crippen molar-refractivity contribution in [1.29, 1.82) is 0 Å². The van der Waals surface area contributed by atoms with Gasteiger partial charge in [0.05, 0.1) is 6.54 Å². The van der Waals surface area contributed by atoms with Gasteiger partial charge in [0.2, 0.25) is 5.91 Å². The van der Waals surface area contributed by atoms with Gasteiger partial charge in [-0.15, -0.1) is 0 Å². The Kier molecular flexibility index (Phi) is 5.90. The van der Waals surface area contributed by atoms with Crippen molar-refractivity contribution in [3.05, 3.63) is 11.9 Å². The van der Waals surface area contributed by atoms with E-state index in [0.29, 0.717) is 5.82 Å². The first-order valence-electron chi connectivity index (χ1n) is 6.25. The second-order valence-corrected chi connectivity index (χ2v) is 3.86. The Hall–Kier alpha value is -1.85. The van der Waals surface area contributed by atoms with Crippen LogP contribution < -0.4 is 16.0 Å². The van der Waals surface area contributed by atoms with E-state index in [1.165, 1.54) is 0 Å². The zero-order valence-corrected chi connectivity index (χ0v) is 11.2. The summed E-state index contributed by atoms with van der Waals surface area (Å²) >= 11 is 0. The number of likely N-dealkylation sites (N-methyl/N-ethyl adjacent to an activating group) is 1. The minimum Gasteiger partial charge on any atom is -0.370 e. The first-order valence-corrected chi connectivity index (χ1v) is 6.25. The molecule has 1 rings (SSSR count). The van der Waals surface area contributed by atoms with Crippen molar-refractivity contribution in [2.75, 3.05) is 30.8 Å². The molecule has 1 aromatic heterocycles. The van der Waals surface area contributed by atoms with Crippen molar-refractivity contribution in [3.63, 3.8) is 0 Å². The molecule has 3 N–H and O–H groups in total. The van der Waals surface area contributed by atoms with Gasteiger partial charge < -0.3 is 16.0 Å². The zero-order chi connectivity index (χ0) is 13.4. The van der Waals surface area contributed by atoms with E-state index in [-0.39, 0.29) is 12.5 Å². The molecular formula is C12H21N5O. The average Bonchev–Trinajstić information content (AvgIpc) is 2.42. The molecule has 0 aliphatic carbocycles. The number of aromatic nitrogens is 2. The molecule has 0 aliphatic heterocycles. The fourth-order valence-electron chi connectivity index (χ4n) is 1.35. The summed E-state index contributed by atoms with van der Waals surface area (Å²) in [6, 6.07) is 1.82. The minimum atomic E-state index is -0.0743.